The van der Waals surface area contributed by atoms with Crippen LogP contribution in [0.2, 0.25) is 0 Å². The minimum absolute atomic E-state index is 0.0712. The number of nitrogens with two attached hydrogens (primary N) is 3. The lowest BCUT2D eigenvalue weighted by atomic mass is 10.1. The van der Waals surface area contributed by atoms with Gasteiger partial charge in [-0.1, -0.05) is 77.9 Å². The van der Waals surface area contributed by atoms with Crippen molar-refractivity contribution in [1.29, 1.82) is 0 Å². The second-order valence-corrected chi connectivity index (χ2v) is 8.21. The summed E-state index contributed by atoms with van der Waals surface area (Å²) in [6, 6.07) is 20.6. The van der Waals surface area contributed by atoms with Gasteiger partial charge in [0.15, 0.2) is 0 Å². The minimum atomic E-state index is -0.552. The first-order valence-corrected chi connectivity index (χ1v) is 14.6. The zero-order valence-electron chi connectivity index (χ0n) is 27.5. The number of anilines is 2. The predicted molar refractivity (Wildman–Crippen MR) is 186 cm³/mol. The summed E-state index contributed by atoms with van der Waals surface area (Å²) in [4.78, 5) is 59.5. The zero-order chi connectivity index (χ0) is 35.5. The number of aryl methyl sites for hydroxylation is 1. The lowest BCUT2D eigenvalue weighted by molar-refractivity contribution is -0.114. The van der Waals surface area contributed by atoms with E-state index in [-0.39, 0.29) is 16.7 Å². The Hall–Kier alpha value is -5.03. The van der Waals surface area contributed by atoms with E-state index in [0.717, 1.165) is 5.52 Å². The van der Waals surface area contributed by atoms with Gasteiger partial charge in [0, 0.05) is 19.5 Å². The van der Waals surface area contributed by atoms with Crippen molar-refractivity contribution in [1.82, 2.24) is 9.97 Å². The largest absolute Gasteiger partial charge is 0.398 e. The maximum absolute atomic E-state index is 11.3. The molecule has 246 valence electrons. The highest BCUT2D eigenvalue weighted by Gasteiger charge is 2.07. The molecule has 1 aromatic heterocycles. The summed E-state index contributed by atoms with van der Waals surface area (Å²) in [6.45, 7) is 16.4. The number of nitrogens with one attached hydrogen (secondary N) is 2. The molecule has 0 bridgehead atoms. The Morgan fingerprint density at radius 1 is 0.733 bits per heavy atom. The molecule has 1 heterocycles. The summed E-state index contributed by atoms with van der Waals surface area (Å²) >= 11 is 4.64. The quantitative estimate of drug-likeness (QED) is 0.129. The van der Waals surface area contributed by atoms with Crippen LogP contribution in [0.25, 0.3) is 10.9 Å². The smallest absolute Gasteiger partial charge is 0.258 e. The highest BCUT2D eigenvalue weighted by atomic mass is 35.5. The van der Waals surface area contributed by atoms with E-state index in [1.54, 1.807) is 61.5 Å². The molecule has 0 atom stereocenters. The van der Waals surface area contributed by atoms with Gasteiger partial charge in [-0.2, -0.15) is 0 Å². The highest BCUT2D eigenvalue weighted by molar-refractivity contribution is 6.62. The SMILES string of the molecule is CC.CC.CC.CC(=O)Cl.CC(=O)Nc1ccccc1C(N)=O.Cc1nc2ccccc2c(=O)[nH]1.NC(=O)c1ccccc1N. The molecule has 0 unspecified atom stereocenters. The number of aromatic amines is 1. The minimum Gasteiger partial charge on any atom is -0.398 e. The van der Waals surface area contributed by atoms with Gasteiger partial charge in [-0.15, -0.1) is 0 Å². The van der Waals surface area contributed by atoms with Crippen molar-refractivity contribution >= 4 is 56.8 Å². The number of hydrogen-bond donors (Lipinski definition) is 5. The second-order valence-electron chi connectivity index (χ2n) is 7.68. The molecule has 0 saturated carbocycles. The van der Waals surface area contributed by atoms with E-state index in [0.29, 0.717) is 33.7 Å². The normalized spacial score (nSPS) is 8.49. The Labute approximate surface area is 270 Å². The van der Waals surface area contributed by atoms with Crippen LogP contribution in [0.3, 0.4) is 0 Å². The molecule has 0 aliphatic carbocycles. The van der Waals surface area contributed by atoms with Crippen LogP contribution >= 0.6 is 11.6 Å². The van der Waals surface area contributed by atoms with Crippen molar-refractivity contribution in [3.8, 4) is 0 Å². The number of H-pyrrole nitrogens is 1. The molecule has 3 aromatic carbocycles. The maximum atomic E-state index is 11.3. The number of hydrogen-bond acceptors (Lipinski definition) is 7. The van der Waals surface area contributed by atoms with Gasteiger partial charge >= 0.3 is 0 Å². The van der Waals surface area contributed by atoms with Gasteiger partial charge in [0.25, 0.3) is 17.4 Å². The Morgan fingerprint density at radius 3 is 1.60 bits per heavy atom. The molecular formula is C33H47ClN6O5. The van der Waals surface area contributed by atoms with E-state index in [2.05, 4.69) is 26.9 Å². The van der Waals surface area contributed by atoms with Crippen LogP contribution in [0.15, 0.2) is 77.6 Å². The Balaban J connectivity index is -0.000000516. The molecule has 4 aromatic rings. The molecule has 12 heteroatoms. The second kappa shape index (κ2) is 26.6. The summed E-state index contributed by atoms with van der Waals surface area (Å²) < 4.78 is 0. The molecule has 8 N–H and O–H groups in total. The van der Waals surface area contributed by atoms with Crippen molar-refractivity contribution in [2.24, 2.45) is 11.5 Å². The van der Waals surface area contributed by atoms with Gasteiger partial charge in [0.05, 0.1) is 27.7 Å². The van der Waals surface area contributed by atoms with Crippen LogP contribution in [0.4, 0.5) is 11.4 Å². The first-order valence-electron chi connectivity index (χ1n) is 14.3. The number of primary amides is 2. The third kappa shape index (κ3) is 19.7. The fourth-order valence-electron chi connectivity index (χ4n) is 2.92. The third-order valence-corrected chi connectivity index (χ3v) is 4.46. The predicted octanol–water partition coefficient (Wildman–Crippen LogP) is 6.19. The molecule has 45 heavy (non-hydrogen) atoms. The van der Waals surface area contributed by atoms with Crippen molar-refractivity contribution in [3.63, 3.8) is 0 Å². The molecule has 4 rings (SSSR count). The number of benzene rings is 3. The first-order chi connectivity index (χ1) is 21.3. The van der Waals surface area contributed by atoms with Crippen LogP contribution in [-0.2, 0) is 9.59 Å². The lowest BCUT2D eigenvalue weighted by Crippen LogP contribution is -2.16. The van der Waals surface area contributed by atoms with Crippen molar-refractivity contribution in [2.75, 3.05) is 11.1 Å². The number of carbonyl (C=O) groups is 4. The zero-order valence-corrected chi connectivity index (χ0v) is 28.3. The van der Waals surface area contributed by atoms with E-state index < -0.39 is 11.8 Å². The summed E-state index contributed by atoms with van der Waals surface area (Å²) in [7, 11) is 0. The monoisotopic (exact) mass is 642 g/mol. The molecule has 0 spiro atoms. The van der Waals surface area contributed by atoms with Gasteiger partial charge < -0.3 is 27.5 Å². The average molecular weight is 643 g/mol. The van der Waals surface area contributed by atoms with Gasteiger partial charge in [-0.05, 0) is 54.9 Å². The number of rotatable bonds is 3. The number of carbonyl (C=O) groups excluding carboxylic acids is 4. The standard InChI is InChI=1S/C9H10N2O2.C9H8N2O.C7H8N2O.C2H3ClO.3C2H6/c1-6(12)11-8-5-3-2-4-7(8)9(10)13;1-6-10-8-5-3-2-4-7(8)9(12)11-6;8-6-4-2-1-3-5(6)7(9)10;1-2(3)4;3*1-2/h2-5H,1H3,(H2,10,13)(H,11,12);2-5H,1H3,(H,10,11,12);1-4H,8H2,(H2,9,10);1H3;3*1-2H3. The Kier molecular flexibility index (Phi) is 26.2. The molecule has 11 nitrogen and oxygen atoms in total. The molecule has 3 amide bonds. The first kappa shape index (κ1) is 44.4. The number of aromatic nitrogens is 2. The van der Waals surface area contributed by atoms with Crippen molar-refractivity contribution < 1.29 is 19.2 Å². The number of amides is 3. The molecule has 0 radical (unpaired) electrons. The number of halogens is 1. The van der Waals surface area contributed by atoms with E-state index in [1.165, 1.54) is 13.8 Å². The maximum Gasteiger partial charge on any atom is 0.258 e. The van der Waals surface area contributed by atoms with E-state index >= 15 is 0 Å². The van der Waals surface area contributed by atoms with Crippen LogP contribution < -0.4 is 28.1 Å². The van der Waals surface area contributed by atoms with Crippen LogP contribution in [-0.4, -0.2) is 32.9 Å². The molecule has 0 aliphatic heterocycles. The molecule has 0 saturated heterocycles. The van der Waals surface area contributed by atoms with E-state index in [9.17, 15) is 24.0 Å². The summed E-state index contributed by atoms with van der Waals surface area (Å²) in [5, 5.41) is 2.80. The fourth-order valence-corrected chi connectivity index (χ4v) is 2.92. The number of fused-ring (bicyclic) bond motifs is 1. The molecule has 0 fully saturated rings. The van der Waals surface area contributed by atoms with Crippen molar-refractivity contribution in [2.45, 2.75) is 62.3 Å². The van der Waals surface area contributed by atoms with Gasteiger partial charge in [-0.25, -0.2) is 4.98 Å². The van der Waals surface area contributed by atoms with E-state index in [1.807, 2.05) is 59.7 Å². The Morgan fingerprint density at radius 2 is 1.16 bits per heavy atom. The summed E-state index contributed by atoms with van der Waals surface area (Å²) in [5.41, 5.74) is 17.8. The third-order valence-electron chi connectivity index (χ3n) is 4.46. The average Bonchev–Trinajstić information content (AvgIpc) is 3.00. The lowest BCUT2D eigenvalue weighted by Gasteiger charge is -2.05. The van der Waals surface area contributed by atoms with Gasteiger partial charge in [0.1, 0.15) is 5.82 Å². The molecule has 0 aliphatic rings. The van der Waals surface area contributed by atoms with Crippen molar-refractivity contribution in [3.05, 3.63) is 100 Å². The number of nitrogens with zero attached hydrogens (tertiary/aromatic N) is 1. The van der Waals surface area contributed by atoms with E-state index in [4.69, 9.17) is 17.2 Å². The summed E-state index contributed by atoms with van der Waals surface area (Å²) in [6.07, 6.45) is 0. The van der Waals surface area contributed by atoms with Gasteiger partial charge in [-0.3, -0.25) is 24.0 Å². The topological polar surface area (TPSA) is 204 Å². The fraction of sp³-hybridized carbons (Fsp3) is 0.273. The number of para-hydroxylation sites is 3. The Bertz CT molecular complexity index is 1520. The highest BCUT2D eigenvalue weighted by Crippen LogP contribution is 2.13. The number of nitrogen functional groups attached to an aromatic ring is 1. The molecular weight excluding hydrogens is 596 g/mol. The summed E-state index contributed by atoms with van der Waals surface area (Å²) in [5.74, 6) is -0.616. The van der Waals surface area contributed by atoms with Crippen LogP contribution in [0.1, 0.15) is 81.9 Å². The van der Waals surface area contributed by atoms with Crippen LogP contribution in [0, 0.1) is 6.92 Å². The van der Waals surface area contributed by atoms with Gasteiger partial charge in [0.2, 0.25) is 11.1 Å². The van der Waals surface area contributed by atoms with Crippen LogP contribution in [0.5, 0.6) is 0 Å².